The minimum Gasteiger partial charge on any atom is -0.508 e. The maximum absolute atomic E-state index is 9.90. The third kappa shape index (κ3) is 2.76. The van der Waals surface area contributed by atoms with E-state index < -0.39 is 0 Å². The normalized spacial score (nSPS) is 11.6. The van der Waals surface area contributed by atoms with Crippen molar-refractivity contribution >= 4 is 10.9 Å². The minimum atomic E-state index is 0.385. The molecule has 2 N–H and O–H groups in total. The van der Waals surface area contributed by atoms with Crippen molar-refractivity contribution in [3.05, 3.63) is 29.0 Å². The van der Waals surface area contributed by atoms with E-state index in [2.05, 4.69) is 30.7 Å². The third-order valence-electron chi connectivity index (χ3n) is 4.01. The molecule has 1 aromatic heterocycles. The fraction of sp³-hybridized carbons (Fsp3) is 0.500. The SMILES string of the molecule is CCN(CC)CCc1c(C)[nH]c2cc(C)c(O)cc12. The van der Waals surface area contributed by atoms with E-state index in [1.807, 2.05) is 19.1 Å². The Bertz CT molecular complexity index is 568. The van der Waals surface area contributed by atoms with Crippen LogP contribution in [0.5, 0.6) is 5.75 Å². The number of rotatable bonds is 5. The number of phenols is 1. The first-order valence-corrected chi connectivity index (χ1v) is 7.09. The molecule has 2 rings (SSSR count). The van der Waals surface area contributed by atoms with Gasteiger partial charge >= 0.3 is 0 Å². The molecule has 0 aliphatic rings. The largest absolute Gasteiger partial charge is 0.508 e. The number of aromatic amines is 1. The summed E-state index contributed by atoms with van der Waals surface area (Å²) in [6.07, 6.45) is 1.02. The van der Waals surface area contributed by atoms with Crippen LogP contribution in [0.2, 0.25) is 0 Å². The van der Waals surface area contributed by atoms with Crippen LogP contribution in [0.25, 0.3) is 10.9 Å². The molecular formula is C16H24N2O. The number of aromatic hydroxyl groups is 1. The van der Waals surface area contributed by atoms with Gasteiger partial charge in [0.15, 0.2) is 0 Å². The second-order valence-corrected chi connectivity index (χ2v) is 5.19. The minimum absolute atomic E-state index is 0.385. The number of H-pyrrole nitrogens is 1. The van der Waals surface area contributed by atoms with Crippen LogP contribution in [0.1, 0.15) is 30.7 Å². The molecule has 0 aliphatic heterocycles. The van der Waals surface area contributed by atoms with Gasteiger partial charge in [-0.05, 0) is 56.6 Å². The lowest BCUT2D eigenvalue weighted by Crippen LogP contribution is -2.25. The van der Waals surface area contributed by atoms with Crippen molar-refractivity contribution < 1.29 is 5.11 Å². The van der Waals surface area contributed by atoms with Gasteiger partial charge in [-0.25, -0.2) is 0 Å². The van der Waals surface area contributed by atoms with Crippen molar-refractivity contribution in [2.24, 2.45) is 0 Å². The summed E-state index contributed by atoms with van der Waals surface area (Å²) in [5, 5.41) is 11.1. The fourth-order valence-corrected chi connectivity index (χ4v) is 2.66. The molecule has 0 bridgehead atoms. The zero-order valence-electron chi connectivity index (χ0n) is 12.4. The van der Waals surface area contributed by atoms with Crippen molar-refractivity contribution in [1.29, 1.82) is 0 Å². The number of aromatic nitrogens is 1. The Labute approximate surface area is 115 Å². The van der Waals surface area contributed by atoms with E-state index in [1.54, 1.807) is 0 Å². The van der Waals surface area contributed by atoms with Gasteiger partial charge in [0.2, 0.25) is 0 Å². The van der Waals surface area contributed by atoms with Gasteiger partial charge in [0.1, 0.15) is 5.75 Å². The molecule has 1 aromatic carbocycles. The lowest BCUT2D eigenvalue weighted by molar-refractivity contribution is 0.308. The number of benzene rings is 1. The molecule has 3 heteroatoms. The van der Waals surface area contributed by atoms with E-state index in [4.69, 9.17) is 0 Å². The summed E-state index contributed by atoms with van der Waals surface area (Å²) in [5.41, 5.74) is 4.59. The second kappa shape index (κ2) is 5.66. The van der Waals surface area contributed by atoms with Gasteiger partial charge in [-0.1, -0.05) is 13.8 Å². The standard InChI is InChI=1S/C16H24N2O/c1-5-18(6-2)8-7-13-12(4)17-15-9-11(3)16(19)10-14(13)15/h9-10,17,19H,5-8H2,1-4H3. The van der Waals surface area contributed by atoms with Crippen LogP contribution in [0.15, 0.2) is 12.1 Å². The zero-order valence-corrected chi connectivity index (χ0v) is 12.4. The number of nitrogens with one attached hydrogen (secondary N) is 1. The van der Waals surface area contributed by atoms with Crippen LogP contribution in [0, 0.1) is 13.8 Å². The van der Waals surface area contributed by atoms with Crippen molar-refractivity contribution in [3.63, 3.8) is 0 Å². The summed E-state index contributed by atoms with van der Waals surface area (Å²) < 4.78 is 0. The summed E-state index contributed by atoms with van der Waals surface area (Å²) in [7, 11) is 0. The first kappa shape index (κ1) is 13.9. The maximum Gasteiger partial charge on any atom is 0.119 e. The molecule has 2 aromatic rings. The van der Waals surface area contributed by atoms with E-state index in [0.717, 1.165) is 42.5 Å². The number of phenolic OH excluding ortho intramolecular Hbond substituents is 1. The first-order chi connectivity index (χ1) is 9.06. The molecule has 0 saturated carbocycles. The van der Waals surface area contributed by atoms with Gasteiger partial charge in [0.05, 0.1) is 0 Å². The van der Waals surface area contributed by atoms with Crippen molar-refractivity contribution in [2.45, 2.75) is 34.1 Å². The Balaban J connectivity index is 2.32. The Morgan fingerprint density at radius 3 is 2.47 bits per heavy atom. The topological polar surface area (TPSA) is 39.3 Å². The van der Waals surface area contributed by atoms with E-state index in [1.165, 1.54) is 11.3 Å². The van der Waals surface area contributed by atoms with Gasteiger partial charge in [-0.2, -0.15) is 0 Å². The van der Waals surface area contributed by atoms with Gasteiger partial charge in [0, 0.05) is 23.1 Å². The smallest absolute Gasteiger partial charge is 0.119 e. The van der Waals surface area contributed by atoms with E-state index in [0.29, 0.717) is 5.75 Å². The maximum atomic E-state index is 9.90. The van der Waals surface area contributed by atoms with Crippen LogP contribution in [0.4, 0.5) is 0 Å². The van der Waals surface area contributed by atoms with Crippen molar-refractivity contribution in [1.82, 2.24) is 9.88 Å². The Hall–Kier alpha value is -1.48. The lowest BCUT2D eigenvalue weighted by Gasteiger charge is -2.17. The predicted molar refractivity (Wildman–Crippen MR) is 80.9 cm³/mol. The lowest BCUT2D eigenvalue weighted by atomic mass is 10.1. The highest BCUT2D eigenvalue weighted by molar-refractivity contribution is 5.86. The number of fused-ring (bicyclic) bond motifs is 1. The number of aryl methyl sites for hydroxylation is 2. The van der Waals surface area contributed by atoms with Gasteiger partial charge in [-0.3, -0.25) is 0 Å². The van der Waals surface area contributed by atoms with E-state index in [-0.39, 0.29) is 0 Å². The molecule has 1 heterocycles. The van der Waals surface area contributed by atoms with E-state index in [9.17, 15) is 5.11 Å². The number of hydrogen-bond acceptors (Lipinski definition) is 2. The van der Waals surface area contributed by atoms with E-state index >= 15 is 0 Å². The number of hydrogen-bond donors (Lipinski definition) is 2. The molecule has 0 fully saturated rings. The van der Waals surface area contributed by atoms with Crippen LogP contribution in [0.3, 0.4) is 0 Å². The summed E-state index contributed by atoms with van der Waals surface area (Å²) >= 11 is 0. The molecule has 19 heavy (non-hydrogen) atoms. The number of nitrogens with zero attached hydrogens (tertiary/aromatic N) is 1. The zero-order chi connectivity index (χ0) is 14.0. The summed E-state index contributed by atoms with van der Waals surface area (Å²) in [4.78, 5) is 5.85. The number of likely N-dealkylation sites (N-methyl/N-ethyl adjacent to an activating group) is 1. The summed E-state index contributed by atoms with van der Waals surface area (Å²) in [5.74, 6) is 0.385. The molecule has 0 amide bonds. The first-order valence-electron chi connectivity index (χ1n) is 7.09. The monoisotopic (exact) mass is 260 g/mol. The van der Waals surface area contributed by atoms with Crippen LogP contribution in [-0.2, 0) is 6.42 Å². The molecule has 0 atom stereocenters. The highest BCUT2D eigenvalue weighted by Crippen LogP contribution is 2.29. The van der Waals surface area contributed by atoms with Gasteiger partial charge in [0.25, 0.3) is 0 Å². The molecule has 0 spiro atoms. The van der Waals surface area contributed by atoms with Gasteiger partial charge in [-0.15, -0.1) is 0 Å². The van der Waals surface area contributed by atoms with Gasteiger partial charge < -0.3 is 15.0 Å². The highest BCUT2D eigenvalue weighted by Gasteiger charge is 2.11. The molecule has 104 valence electrons. The highest BCUT2D eigenvalue weighted by atomic mass is 16.3. The predicted octanol–water partition coefficient (Wildman–Crippen LogP) is 3.37. The molecule has 0 saturated heterocycles. The average Bonchev–Trinajstić information content (AvgIpc) is 2.67. The fourth-order valence-electron chi connectivity index (χ4n) is 2.66. The quantitative estimate of drug-likeness (QED) is 0.865. The second-order valence-electron chi connectivity index (χ2n) is 5.19. The van der Waals surface area contributed by atoms with Crippen molar-refractivity contribution in [3.8, 4) is 5.75 Å². The Morgan fingerprint density at radius 2 is 1.84 bits per heavy atom. The van der Waals surface area contributed by atoms with Crippen LogP contribution < -0.4 is 0 Å². The Kier molecular flexibility index (Phi) is 4.15. The molecule has 3 nitrogen and oxygen atoms in total. The summed E-state index contributed by atoms with van der Waals surface area (Å²) in [6.45, 7) is 11.7. The Morgan fingerprint density at radius 1 is 1.16 bits per heavy atom. The molecule has 0 aliphatic carbocycles. The summed E-state index contributed by atoms with van der Waals surface area (Å²) in [6, 6.07) is 3.92. The van der Waals surface area contributed by atoms with Crippen LogP contribution in [-0.4, -0.2) is 34.6 Å². The molecule has 0 unspecified atom stereocenters. The third-order valence-corrected chi connectivity index (χ3v) is 4.01. The van der Waals surface area contributed by atoms with Crippen molar-refractivity contribution in [2.75, 3.05) is 19.6 Å². The molecule has 0 radical (unpaired) electrons. The average molecular weight is 260 g/mol. The van der Waals surface area contributed by atoms with Crippen LogP contribution >= 0.6 is 0 Å². The molecular weight excluding hydrogens is 236 g/mol.